The maximum absolute atomic E-state index is 12.3. The van der Waals surface area contributed by atoms with Crippen molar-refractivity contribution >= 4 is 12.1 Å². The second-order valence-electron chi connectivity index (χ2n) is 8.50. The molecular weight excluding hydrogens is 385 g/mol. The second kappa shape index (κ2) is 11.5. The third kappa shape index (κ3) is 10.6. The van der Waals surface area contributed by atoms with Gasteiger partial charge in [0.15, 0.2) is 5.96 Å². The van der Waals surface area contributed by atoms with Crippen molar-refractivity contribution in [2.45, 2.75) is 71.6 Å². The summed E-state index contributed by atoms with van der Waals surface area (Å²) in [6.45, 7) is 10.9. The summed E-state index contributed by atoms with van der Waals surface area (Å²) in [7, 11) is 1.69. The summed E-state index contributed by atoms with van der Waals surface area (Å²) in [6, 6.07) is 0. The molecule has 0 saturated carbocycles. The molecule has 0 spiro atoms. The number of piperidine rings is 1. The molecule has 1 heterocycles. The Morgan fingerprint density at radius 1 is 1.21 bits per heavy atom. The van der Waals surface area contributed by atoms with Gasteiger partial charge in [0.05, 0.1) is 0 Å². The second-order valence-corrected chi connectivity index (χ2v) is 8.50. The Labute approximate surface area is 172 Å². The first-order valence-electron chi connectivity index (χ1n) is 10.5. The first-order valence-corrected chi connectivity index (χ1v) is 10.5. The van der Waals surface area contributed by atoms with Crippen LogP contribution in [0, 0.1) is 5.92 Å². The lowest BCUT2D eigenvalue weighted by Crippen LogP contribution is -2.48. The molecular formula is C20H37F3N4O2. The molecule has 1 N–H and O–H groups in total. The lowest BCUT2D eigenvalue weighted by Gasteiger charge is -2.36. The Balaban J connectivity index is 2.38. The van der Waals surface area contributed by atoms with E-state index in [-0.39, 0.29) is 12.5 Å². The van der Waals surface area contributed by atoms with E-state index in [9.17, 15) is 18.0 Å². The molecule has 1 aliphatic heterocycles. The molecule has 29 heavy (non-hydrogen) atoms. The number of aliphatic imine (C=N–C) groups is 1. The fourth-order valence-electron chi connectivity index (χ4n) is 3.28. The van der Waals surface area contributed by atoms with Crippen LogP contribution in [0.2, 0.25) is 0 Å². The number of hydrogen-bond acceptors (Lipinski definition) is 3. The number of guanidine groups is 1. The van der Waals surface area contributed by atoms with E-state index in [0.29, 0.717) is 32.0 Å². The highest BCUT2D eigenvalue weighted by atomic mass is 19.4. The number of ether oxygens (including phenoxy) is 1. The van der Waals surface area contributed by atoms with Crippen molar-refractivity contribution in [1.82, 2.24) is 15.1 Å². The van der Waals surface area contributed by atoms with Gasteiger partial charge in [-0.1, -0.05) is 0 Å². The van der Waals surface area contributed by atoms with Crippen molar-refractivity contribution in [1.29, 1.82) is 0 Å². The minimum Gasteiger partial charge on any atom is -0.444 e. The molecule has 1 amide bonds. The van der Waals surface area contributed by atoms with Gasteiger partial charge in [0.2, 0.25) is 0 Å². The zero-order valence-electron chi connectivity index (χ0n) is 18.4. The Hall–Kier alpha value is -1.67. The number of amides is 1. The van der Waals surface area contributed by atoms with E-state index >= 15 is 0 Å². The molecule has 0 aromatic rings. The van der Waals surface area contributed by atoms with E-state index < -0.39 is 18.2 Å². The molecule has 9 heteroatoms. The normalized spacial score (nSPS) is 16.7. The van der Waals surface area contributed by atoms with Crippen molar-refractivity contribution in [3.05, 3.63) is 0 Å². The Morgan fingerprint density at radius 2 is 1.83 bits per heavy atom. The number of halogens is 3. The number of alkyl halides is 3. The number of carbonyl (C=O) groups is 1. The zero-order chi connectivity index (χ0) is 22.1. The van der Waals surface area contributed by atoms with E-state index in [0.717, 1.165) is 31.9 Å². The third-order valence-corrected chi connectivity index (χ3v) is 4.81. The summed E-state index contributed by atoms with van der Waals surface area (Å²) < 4.78 is 42.1. The molecule has 0 bridgehead atoms. The largest absolute Gasteiger partial charge is 0.444 e. The van der Waals surface area contributed by atoms with Crippen LogP contribution in [0.1, 0.15) is 59.8 Å². The summed E-state index contributed by atoms with van der Waals surface area (Å²) in [5.74, 6) is 1.12. The highest BCUT2D eigenvalue weighted by Crippen LogP contribution is 2.22. The number of nitrogens with one attached hydrogen (secondary N) is 1. The smallest absolute Gasteiger partial charge is 0.410 e. The maximum Gasteiger partial charge on any atom is 0.410 e. The fourth-order valence-corrected chi connectivity index (χ4v) is 3.28. The summed E-state index contributed by atoms with van der Waals surface area (Å²) in [6.07, 6.45) is -2.69. The minimum atomic E-state index is -4.09. The Bertz CT molecular complexity index is 525. The summed E-state index contributed by atoms with van der Waals surface area (Å²) in [5.41, 5.74) is -0.508. The van der Waals surface area contributed by atoms with Crippen molar-refractivity contribution in [3.63, 3.8) is 0 Å². The molecule has 0 atom stereocenters. The molecule has 0 aromatic heterocycles. The van der Waals surface area contributed by atoms with Gasteiger partial charge in [0, 0.05) is 46.2 Å². The van der Waals surface area contributed by atoms with Gasteiger partial charge >= 0.3 is 12.3 Å². The average molecular weight is 423 g/mol. The van der Waals surface area contributed by atoms with Gasteiger partial charge in [-0.3, -0.25) is 4.99 Å². The van der Waals surface area contributed by atoms with Crippen LogP contribution in [0.3, 0.4) is 0 Å². The van der Waals surface area contributed by atoms with Gasteiger partial charge in [0.1, 0.15) is 5.60 Å². The monoisotopic (exact) mass is 422 g/mol. The third-order valence-electron chi connectivity index (χ3n) is 4.81. The van der Waals surface area contributed by atoms with Gasteiger partial charge < -0.3 is 19.9 Å². The van der Waals surface area contributed by atoms with Gasteiger partial charge in [0.25, 0.3) is 0 Å². The van der Waals surface area contributed by atoms with Crippen molar-refractivity contribution in [3.8, 4) is 0 Å². The maximum atomic E-state index is 12.3. The van der Waals surface area contributed by atoms with Crippen LogP contribution in [0.4, 0.5) is 18.0 Å². The average Bonchev–Trinajstić information content (AvgIpc) is 2.61. The van der Waals surface area contributed by atoms with Gasteiger partial charge in [-0.05, 0) is 59.3 Å². The molecule has 0 aliphatic carbocycles. The summed E-state index contributed by atoms with van der Waals surface area (Å²) in [5, 5.41) is 3.16. The molecule has 0 aromatic carbocycles. The number of likely N-dealkylation sites (tertiary alicyclic amines) is 1. The van der Waals surface area contributed by atoms with E-state index in [1.165, 1.54) is 0 Å². The van der Waals surface area contributed by atoms with Crippen molar-refractivity contribution in [2.75, 3.05) is 39.8 Å². The molecule has 1 aliphatic rings. The first kappa shape index (κ1) is 25.4. The SMILES string of the molecule is CCN(CC1CCN(C(=NC)NCCCCC(F)(F)F)CC1)C(=O)OC(C)(C)C. The fraction of sp³-hybridized carbons (Fsp3) is 0.900. The number of rotatable bonds is 7. The number of carbonyl (C=O) groups excluding carboxylic acids is 1. The predicted molar refractivity (Wildman–Crippen MR) is 109 cm³/mol. The number of unbranched alkanes of at least 4 members (excludes halogenated alkanes) is 1. The quantitative estimate of drug-likeness (QED) is 0.378. The Kier molecular flexibility index (Phi) is 10.1. The van der Waals surface area contributed by atoms with Crippen LogP contribution in [-0.4, -0.2) is 73.4 Å². The van der Waals surface area contributed by atoms with E-state index in [1.54, 1.807) is 11.9 Å². The van der Waals surface area contributed by atoms with Crippen LogP contribution in [0.25, 0.3) is 0 Å². The minimum absolute atomic E-state index is 0.118. The standard InChI is InChI=1S/C20H37F3N4O2/c1-6-26(18(28)29-19(2,3)4)15-16-9-13-27(14-10-16)17(24-5)25-12-8-7-11-20(21,22)23/h16H,6-15H2,1-5H3,(H,24,25). The molecule has 6 nitrogen and oxygen atoms in total. The molecule has 0 unspecified atom stereocenters. The Morgan fingerprint density at radius 3 is 2.31 bits per heavy atom. The summed E-state index contributed by atoms with van der Waals surface area (Å²) in [4.78, 5) is 20.4. The number of hydrogen-bond donors (Lipinski definition) is 1. The van der Waals surface area contributed by atoms with Crippen LogP contribution in [-0.2, 0) is 4.74 Å². The lowest BCUT2D eigenvalue weighted by molar-refractivity contribution is -0.135. The van der Waals surface area contributed by atoms with E-state index in [1.807, 2.05) is 27.7 Å². The zero-order valence-corrected chi connectivity index (χ0v) is 18.4. The van der Waals surface area contributed by atoms with Gasteiger partial charge in [-0.2, -0.15) is 13.2 Å². The summed E-state index contributed by atoms with van der Waals surface area (Å²) >= 11 is 0. The van der Waals surface area contributed by atoms with Gasteiger partial charge in [-0.15, -0.1) is 0 Å². The molecule has 1 saturated heterocycles. The lowest BCUT2D eigenvalue weighted by atomic mass is 9.96. The molecule has 0 radical (unpaired) electrons. The van der Waals surface area contributed by atoms with Crippen molar-refractivity contribution < 1.29 is 22.7 Å². The van der Waals surface area contributed by atoms with Gasteiger partial charge in [-0.25, -0.2) is 4.79 Å². The van der Waals surface area contributed by atoms with Crippen molar-refractivity contribution in [2.24, 2.45) is 10.9 Å². The van der Waals surface area contributed by atoms with E-state index in [2.05, 4.69) is 15.2 Å². The van der Waals surface area contributed by atoms with Crippen LogP contribution in [0.5, 0.6) is 0 Å². The van der Waals surface area contributed by atoms with E-state index in [4.69, 9.17) is 4.74 Å². The number of nitrogens with zero attached hydrogens (tertiary/aromatic N) is 3. The highest BCUT2D eigenvalue weighted by Gasteiger charge is 2.28. The molecule has 1 rings (SSSR count). The predicted octanol–water partition coefficient (Wildman–Crippen LogP) is 4.26. The van der Waals surface area contributed by atoms with Crippen LogP contribution >= 0.6 is 0 Å². The molecule has 1 fully saturated rings. The molecule has 170 valence electrons. The first-order chi connectivity index (χ1) is 13.4. The van der Waals surface area contributed by atoms with Crippen LogP contribution in [0.15, 0.2) is 4.99 Å². The highest BCUT2D eigenvalue weighted by molar-refractivity contribution is 5.79. The van der Waals surface area contributed by atoms with Crippen LogP contribution < -0.4 is 5.32 Å². The topological polar surface area (TPSA) is 57.2 Å².